The van der Waals surface area contributed by atoms with Crippen LogP contribution >= 0.6 is 27.7 Å². The second-order valence-corrected chi connectivity index (χ2v) is 9.99. The largest absolute Gasteiger partial charge is 0.493 e. The van der Waals surface area contributed by atoms with Crippen LogP contribution in [0.5, 0.6) is 23.0 Å². The van der Waals surface area contributed by atoms with Crippen molar-refractivity contribution in [1.29, 1.82) is 0 Å². The van der Waals surface area contributed by atoms with E-state index in [9.17, 15) is 9.59 Å². The van der Waals surface area contributed by atoms with Crippen LogP contribution < -0.4 is 18.9 Å². The van der Waals surface area contributed by atoms with E-state index in [2.05, 4.69) is 15.9 Å². The van der Waals surface area contributed by atoms with Gasteiger partial charge in [0.2, 0.25) is 0 Å². The summed E-state index contributed by atoms with van der Waals surface area (Å²) in [5, 5.41) is -0.344. The summed E-state index contributed by atoms with van der Waals surface area (Å²) in [6.45, 7) is 2.69. The first-order valence-electron chi connectivity index (χ1n) is 11.5. The topological polar surface area (TPSA) is 74.3 Å². The van der Waals surface area contributed by atoms with Crippen LogP contribution in [0.2, 0.25) is 0 Å². The van der Waals surface area contributed by atoms with Gasteiger partial charge < -0.3 is 18.9 Å². The van der Waals surface area contributed by atoms with E-state index < -0.39 is 0 Å². The predicted octanol–water partition coefficient (Wildman–Crippen LogP) is 6.47. The van der Waals surface area contributed by atoms with Crippen LogP contribution in [0.1, 0.15) is 16.7 Å². The van der Waals surface area contributed by atoms with Gasteiger partial charge in [0, 0.05) is 0 Å². The minimum Gasteiger partial charge on any atom is -0.493 e. The zero-order chi connectivity index (χ0) is 26.4. The Bertz CT molecular complexity index is 1320. The van der Waals surface area contributed by atoms with Gasteiger partial charge in [0.05, 0.1) is 30.1 Å². The van der Waals surface area contributed by atoms with Gasteiger partial charge in [0.15, 0.2) is 23.0 Å². The lowest BCUT2D eigenvalue weighted by molar-refractivity contribution is -0.123. The summed E-state index contributed by atoms with van der Waals surface area (Å²) in [6, 6.07) is 18.9. The quantitative estimate of drug-likeness (QED) is 0.253. The number of imide groups is 1. The highest BCUT2D eigenvalue weighted by Gasteiger charge is 2.35. The van der Waals surface area contributed by atoms with Crippen LogP contribution in [-0.4, -0.2) is 43.4 Å². The summed E-state index contributed by atoms with van der Waals surface area (Å²) in [6.07, 6.45) is 1.67. The van der Waals surface area contributed by atoms with Crippen molar-refractivity contribution in [2.75, 3.05) is 27.4 Å². The average molecular weight is 584 g/mol. The Morgan fingerprint density at radius 2 is 1.62 bits per heavy atom. The van der Waals surface area contributed by atoms with Crippen molar-refractivity contribution < 1.29 is 28.5 Å². The lowest BCUT2D eigenvalue weighted by Gasteiger charge is -2.15. The monoisotopic (exact) mass is 583 g/mol. The van der Waals surface area contributed by atoms with Gasteiger partial charge in [-0.15, -0.1) is 0 Å². The second-order valence-electron chi connectivity index (χ2n) is 8.14. The first-order valence-corrected chi connectivity index (χ1v) is 13.1. The van der Waals surface area contributed by atoms with Gasteiger partial charge in [-0.25, -0.2) is 0 Å². The van der Waals surface area contributed by atoms with E-state index >= 15 is 0 Å². The molecule has 0 unspecified atom stereocenters. The van der Waals surface area contributed by atoms with Crippen molar-refractivity contribution in [2.45, 2.75) is 13.5 Å². The number of amides is 2. The third kappa shape index (κ3) is 6.47. The molecule has 1 saturated heterocycles. The van der Waals surface area contributed by atoms with Crippen LogP contribution in [-0.2, 0) is 11.4 Å². The molecule has 1 heterocycles. The minimum atomic E-state index is -0.367. The fraction of sp³-hybridized carbons (Fsp3) is 0.214. The number of benzene rings is 3. The Hall–Kier alpha value is -3.43. The molecule has 3 aromatic rings. The maximum Gasteiger partial charge on any atom is 0.293 e. The van der Waals surface area contributed by atoms with Crippen LogP contribution in [0, 0.1) is 6.92 Å². The summed E-state index contributed by atoms with van der Waals surface area (Å²) in [5.41, 5.74) is 2.91. The summed E-state index contributed by atoms with van der Waals surface area (Å²) in [7, 11) is 3.11. The maximum atomic E-state index is 12.9. The number of halogens is 1. The lowest BCUT2D eigenvalue weighted by atomic mass is 10.1. The van der Waals surface area contributed by atoms with Crippen LogP contribution in [0.25, 0.3) is 6.08 Å². The molecule has 0 atom stereocenters. The van der Waals surface area contributed by atoms with E-state index in [1.807, 2.05) is 49.4 Å². The zero-order valence-corrected chi connectivity index (χ0v) is 23.1. The van der Waals surface area contributed by atoms with E-state index in [-0.39, 0.29) is 24.3 Å². The lowest BCUT2D eigenvalue weighted by Crippen LogP contribution is -2.32. The molecule has 9 heteroatoms. The van der Waals surface area contributed by atoms with Crippen molar-refractivity contribution in [2.24, 2.45) is 0 Å². The predicted molar refractivity (Wildman–Crippen MR) is 147 cm³/mol. The molecule has 7 nitrogen and oxygen atoms in total. The maximum absolute atomic E-state index is 12.9. The third-order valence-corrected chi connectivity index (χ3v) is 7.06. The molecule has 1 aliphatic rings. The number of hydrogen-bond acceptors (Lipinski definition) is 7. The zero-order valence-electron chi connectivity index (χ0n) is 20.7. The number of nitrogens with zero attached hydrogens (tertiary/aromatic N) is 1. The fourth-order valence-corrected chi connectivity index (χ4v) is 5.07. The second kappa shape index (κ2) is 12.2. The van der Waals surface area contributed by atoms with Crippen LogP contribution in [0.3, 0.4) is 0 Å². The van der Waals surface area contributed by atoms with Gasteiger partial charge in [-0.1, -0.05) is 42.0 Å². The molecule has 0 radical (unpaired) electrons. The number of aryl methyl sites for hydroxylation is 1. The number of ether oxygens (including phenoxy) is 4. The molecule has 1 fully saturated rings. The smallest absolute Gasteiger partial charge is 0.293 e. The summed E-state index contributed by atoms with van der Waals surface area (Å²) in [4.78, 5) is 27.0. The summed E-state index contributed by atoms with van der Waals surface area (Å²) < 4.78 is 23.2. The van der Waals surface area contributed by atoms with E-state index in [0.717, 1.165) is 17.3 Å². The molecule has 0 aliphatic carbocycles. The van der Waals surface area contributed by atoms with Crippen molar-refractivity contribution in [1.82, 2.24) is 4.90 Å². The Kier molecular flexibility index (Phi) is 8.78. The van der Waals surface area contributed by atoms with Crippen molar-refractivity contribution >= 4 is 44.9 Å². The first kappa shape index (κ1) is 26.6. The molecule has 0 N–H and O–H groups in total. The molecule has 0 aromatic heterocycles. The molecule has 1 aliphatic heterocycles. The van der Waals surface area contributed by atoms with Crippen molar-refractivity contribution in [3.05, 3.63) is 86.7 Å². The SMILES string of the molecule is COc1ccccc1OCCN1C(=O)S/C(=C\c2cc(Br)c(OCc3ccc(C)cc3)c(OC)c2)C1=O. The molecule has 3 aromatic carbocycles. The fourth-order valence-electron chi connectivity index (χ4n) is 3.63. The van der Waals surface area contributed by atoms with Crippen molar-refractivity contribution in [3.8, 4) is 23.0 Å². The Morgan fingerprint density at radius 1 is 0.919 bits per heavy atom. The molecule has 2 amide bonds. The molecular weight excluding hydrogens is 558 g/mol. The number of methoxy groups -OCH3 is 2. The third-order valence-electron chi connectivity index (χ3n) is 5.57. The molecule has 37 heavy (non-hydrogen) atoms. The van der Waals surface area contributed by atoms with Gasteiger partial charge >= 0.3 is 0 Å². The highest BCUT2D eigenvalue weighted by Crippen LogP contribution is 2.39. The highest BCUT2D eigenvalue weighted by molar-refractivity contribution is 9.10. The molecule has 0 spiro atoms. The number of para-hydroxylation sites is 2. The number of rotatable bonds is 10. The van der Waals surface area contributed by atoms with E-state index in [4.69, 9.17) is 18.9 Å². The van der Waals surface area contributed by atoms with Crippen LogP contribution in [0.15, 0.2) is 70.0 Å². The van der Waals surface area contributed by atoms with Gasteiger partial charge in [-0.2, -0.15) is 0 Å². The van der Waals surface area contributed by atoms with Crippen molar-refractivity contribution in [3.63, 3.8) is 0 Å². The molecule has 0 saturated carbocycles. The van der Waals surface area contributed by atoms with E-state index in [0.29, 0.717) is 44.5 Å². The van der Waals surface area contributed by atoms with Gasteiger partial charge in [0.1, 0.15) is 13.2 Å². The Labute approximate surface area is 228 Å². The number of hydrogen-bond donors (Lipinski definition) is 0. The van der Waals surface area contributed by atoms with Crippen LogP contribution in [0.4, 0.5) is 4.79 Å². The molecule has 4 rings (SSSR count). The molecule has 192 valence electrons. The minimum absolute atomic E-state index is 0.124. The normalized spacial score (nSPS) is 14.3. The van der Waals surface area contributed by atoms with Gasteiger partial charge in [-0.05, 0) is 76.1 Å². The molecular formula is C28H26BrNO6S. The van der Waals surface area contributed by atoms with Gasteiger partial charge in [-0.3, -0.25) is 14.5 Å². The standard InChI is InChI=1S/C28H26BrNO6S/c1-18-8-10-19(11-9-18)17-36-26-21(29)14-20(15-24(26)34-3)16-25-27(31)30(28(32)37-25)12-13-35-23-7-5-4-6-22(23)33-2/h4-11,14-16H,12-13,17H2,1-3H3/b25-16-. The summed E-state index contributed by atoms with van der Waals surface area (Å²) in [5.74, 6) is 1.84. The Morgan fingerprint density at radius 3 is 2.32 bits per heavy atom. The highest BCUT2D eigenvalue weighted by atomic mass is 79.9. The van der Waals surface area contributed by atoms with Gasteiger partial charge in [0.25, 0.3) is 11.1 Å². The Balaban J connectivity index is 1.43. The number of thioether (sulfide) groups is 1. The van der Waals surface area contributed by atoms with E-state index in [1.165, 1.54) is 10.5 Å². The summed E-state index contributed by atoms with van der Waals surface area (Å²) >= 11 is 4.44. The number of carbonyl (C=O) groups excluding carboxylic acids is 2. The average Bonchev–Trinajstić information content (AvgIpc) is 3.16. The number of carbonyl (C=O) groups is 2. The molecule has 0 bridgehead atoms. The van der Waals surface area contributed by atoms with E-state index in [1.54, 1.807) is 38.5 Å². The first-order chi connectivity index (χ1) is 17.9.